The second-order valence-electron chi connectivity index (χ2n) is 9.96. The molecule has 2 aliphatic heterocycles. The van der Waals surface area contributed by atoms with Crippen molar-refractivity contribution in [2.24, 2.45) is 4.99 Å². The highest BCUT2D eigenvalue weighted by atomic mass is 32.2. The van der Waals surface area contributed by atoms with E-state index in [-0.39, 0.29) is 11.8 Å². The monoisotopic (exact) mass is 586 g/mol. The Balaban J connectivity index is 1.53. The van der Waals surface area contributed by atoms with Gasteiger partial charge in [0.05, 0.1) is 28.6 Å². The SMILES string of the molecule is CCNc1ccc(C(=O)NCCN(C)C)cc1N=C1SC(=C2Sc3ccccc3N2C)C(=O)N1Cc1ccccc1. The van der Waals surface area contributed by atoms with Crippen molar-refractivity contribution in [3.63, 3.8) is 0 Å². The maximum Gasteiger partial charge on any atom is 0.269 e. The molecule has 0 saturated carbocycles. The van der Waals surface area contributed by atoms with E-state index in [1.807, 2.05) is 81.5 Å². The molecule has 1 fully saturated rings. The van der Waals surface area contributed by atoms with E-state index in [0.29, 0.717) is 41.0 Å². The van der Waals surface area contributed by atoms with Crippen molar-refractivity contribution in [3.05, 3.63) is 93.9 Å². The standard InChI is InChI=1S/C31H34N6O2S2/c1-5-32-23-16-15-22(28(38)33-17-18-35(2)3)19-24(23)34-31-37(20-21-11-7-6-8-12-21)29(39)27(41-31)30-36(4)25-13-9-10-14-26(25)40-30/h6-16,19,32H,5,17-18,20H2,1-4H3,(H,33,38). The Morgan fingerprint density at radius 1 is 1.00 bits per heavy atom. The van der Waals surface area contributed by atoms with Gasteiger partial charge in [-0.05, 0) is 68.7 Å². The van der Waals surface area contributed by atoms with Crippen LogP contribution < -0.4 is 15.5 Å². The van der Waals surface area contributed by atoms with E-state index < -0.39 is 0 Å². The van der Waals surface area contributed by atoms with Crippen LogP contribution in [0.4, 0.5) is 17.1 Å². The minimum Gasteiger partial charge on any atom is -0.384 e. The second kappa shape index (κ2) is 12.8. The van der Waals surface area contributed by atoms with E-state index in [9.17, 15) is 9.59 Å². The number of carbonyl (C=O) groups is 2. The highest BCUT2D eigenvalue weighted by molar-refractivity contribution is 8.19. The Morgan fingerprint density at radius 3 is 2.49 bits per heavy atom. The lowest BCUT2D eigenvalue weighted by Gasteiger charge is -2.17. The van der Waals surface area contributed by atoms with Crippen molar-refractivity contribution in [2.45, 2.75) is 18.4 Å². The van der Waals surface area contributed by atoms with Crippen LogP contribution in [0.15, 0.2) is 92.6 Å². The summed E-state index contributed by atoms with van der Waals surface area (Å²) in [6.07, 6.45) is 0. The Morgan fingerprint density at radius 2 is 1.76 bits per heavy atom. The number of nitrogens with zero attached hydrogens (tertiary/aromatic N) is 4. The zero-order valence-corrected chi connectivity index (χ0v) is 25.3. The van der Waals surface area contributed by atoms with Crippen LogP contribution in [0.5, 0.6) is 0 Å². The van der Waals surface area contributed by atoms with Gasteiger partial charge in [-0.15, -0.1) is 0 Å². The molecule has 3 aromatic rings. The molecule has 2 aliphatic rings. The number of hydrogen-bond donors (Lipinski definition) is 2. The van der Waals surface area contributed by atoms with Gasteiger partial charge in [0.2, 0.25) is 0 Å². The predicted molar refractivity (Wildman–Crippen MR) is 171 cm³/mol. The maximum atomic E-state index is 14.0. The van der Waals surface area contributed by atoms with Gasteiger partial charge >= 0.3 is 0 Å². The topological polar surface area (TPSA) is 80.3 Å². The molecular weight excluding hydrogens is 553 g/mol. The van der Waals surface area contributed by atoms with Crippen molar-refractivity contribution in [1.82, 2.24) is 15.1 Å². The number of aliphatic imine (C=N–C) groups is 1. The fourth-order valence-corrected chi connectivity index (χ4v) is 6.86. The molecule has 3 aromatic carbocycles. The minimum atomic E-state index is -0.155. The first-order chi connectivity index (χ1) is 19.9. The van der Waals surface area contributed by atoms with Crippen LogP contribution in [0, 0.1) is 0 Å². The molecule has 41 heavy (non-hydrogen) atoms. The van der Waals surface area contributed by atoms with E-state index >= 15 is 0 Å². The van der Waals surface area contributed by atoms with Crippen LogP contribution >= 0.6 is 23.5 Å². The average molecular weight is 587 g/mol. The van der Waals surface area contributed by atoms with Gasteiger partial charge in [-0.2, -0.15) is 0 Å². The molecule has 10 heteroatoms. The van der Waals surface area contributed by atoms with Crippen LogP contribution in [0.2, 0.25) is 0 Å². The molecule has 0 aliphatic carbocycles. The minimum absolute atomic E-state index is 0.0812. The number of likely N-dealkylation sites (N-methyl/N-ethyl adjacent to an activating group) is 1. The number of anilines is 2. The molecule has 0 spiro atoms. The molecule has 2 heterocycles. The third kappa shape index (κ3) is 6.45. The van der Waals surface area contributed by atoms with Gasteiger partial charge in [-0.1, -0.05) is 54.2 Å². The molecular formula is C31H34N6O2S2. The van der Waals surface area contributed by atoms with Crippen LogP contribution in [-0.2, 0) is 11.3 Å². The molecule has 2 N–H and O–H groups in total. The van der Waals surface area contributed by atoms with Crippen molar-refractivity contribution in [2.75, 3.05) is 51.0 Å². The number of rotatable bonds is 9. The molecule has 0 bridgehead atoms. The summed E-state index contributed by atoms with van der Waals surface area (Å²) in [7, 11) is 5.93. The van der Waals surface area contributed by atoms with Gasteiger partial charge in [0.1, 0.15) is 4.91 Å². The Hall–Kier alpha value is -3.73. The average Bonchev–Trinajstić information content (AvgIpc) is 3.46. The second-order valence-corrected chi connectivity index (χ2v) is 12.0. The fraction of sp³-hybridized carbons (Fsp3) is 0.258. The number of fused-ring (bicyclic) bond motifs is 1. The van der Waals surface area contributed by atoms with Crippen LogP contribution in [0.3, 0.4) is 0 Å². The molecule has 0 unspecified atom stereocenters. The lowest BCUT2D eigenvalue weighted by atomic mass is 10.1. The summed E-state index contributed by atoms with van der Waals surface area (Å²) in [5.74, 6) is -0.237. The van der Waals surface area contributed by atoms with E-state index in [4.69, 9.17) is 4.99 Å². The Labute approximate surface area is 249 Å². The van der Waals surface area contributed by atoms with Gasteiger partial charge in [0, 0.05) is 37.1 Å². The van der Waals surface area contributed by atoms with Gasteiger partial charge in [0.25, 0.3) is 11.8 Å². The number of para-hydroxylation sites is 1. The van der Waals surface area contributed by atoms with E-state index in [1.165, 1.54) is 11.8 Å². The Bertz CT molecular complexity index is 1510. The van der Waals surface area contributed by atoms with Gasteiger partial charge in [0.15, 0.2) is 5.17 Å². The van der Waals surface area contributed by atoms with Crippen LogP contribution in [0.1, 0.15) is 22.8 Å². The number of amidine groups is 1. The lowest BCUT2D eigenvalue weighted by Crippen LogP contribution is -2.31. The largest absolute Gasteiger partial charge is 0.384 e. The molecule has 8 nitrogen and oxygen atoms in total. The number of nitrogens with one attached hydrogen (secondary N) is 2. The zero-order valence-electron chi connectivity index (χ0n) is 23.7. The lowest BCUT2D eigenvalue weighted by molar-refractivity contribution is -0.122. The van der Waals surface area contributed by atoms with Crippen molar-refractivity contribution < 1.29 is 9.59 Å². The zero-order chi connectivity index (χ0) is 28.9. The van der Waals surface area contributed by atoms with Gasteiger partial charge in [-0.3, -0.25) is 14.5 Å². The fourth-order valence-electron chi connectivity index (χ4n) is 4.53. The first kappa shape index (κ1) is 28.8. The van der Waals surface area contributed by atoms with E-state index in [2.05, 4.69) is 27.7 Å². The van der Waals surface area contributed by atoms with Crippen LogP contribution in [-0.4, -0.2) is 67.6 Å². The summed E-state index contributed by atoms with van der Waals surface area (Å²) in [6.45, 7) is 4.40. The number of amides is 2. The normalized spacial score (nSPS) is 17.5. The molecule has 1 saturated heterocycles. The quantitative estimate of drug-likeness (QED) is 0.317. The van der Waals surface area contributed by atoms with Crippen molar-refractivity contribution in [3.8, 4) is 0 Å². The van der Waals surface area contributed by atoms with E-state index in [0.717, 1.165) is 33.4 Å². The first-order valence-corrected chi connectivity index (χ1v) is 15.2. The summed E-state index contributed by atoms with van der Waals surface area (Å²) in [6, 6.07) is 23.5. The first-order valence-electron chi connectivity index (χ1n) is 13.5. The number of benzene rings is 3. The molecule has 212 valence electrons. The van der Waals surface area contributed by atoms with Crippen LogP contribution in [0.25, 0.3) is 0 Å². The summed E-state index contributed by atoms with van der Waals surface area (Å²) in [5, 5.41) is 7.80. The summed E-state index contributed by atoms with van der Waals surface area (Å²) in [5.41, 5.74) is 4.03. The number of thioether (sulfide) groups is 2. The molecule has 0 atom stereocenters. The molecule has 0 radical (unpaired) electrons. The van der Waals surface area contributed by atoms with Gasteiger partial charge < -0.3 is 20.4 Å². The Kier molecular flexibility index (Phi) is 9.02. The number of hydrogen-bond acceptors (Lipinski definition) is 8. The third-order valence-corrected chi connectivity index (χ3v) is 9.10. The van der Waals surface area contributed by atoms with Crippen molar-refractivity contribution >= 4 is 57.6 Å². The predicted octanol–water partition coefficient (Wildman–Crippen LogP) is 5.58. The maximum absolute atomic E-state index is 14.0. The molecule has 5 rings (SSSR count). The third-order valence-electron chi connectivity index (χ3n) is 6.67. The molecule has 2 amide bonds. The number of carbonyl (C=O) groups excluding carboxylic acids is 2. The molecule has 0 aromatic heterocycles. The van der Waals surface area contributed by atoms with Gasteiger partial charge in [-0.25, -0.2) is 4.99 Å². The highest BCUT2D eigenvalue weighted by Gasteiger charge is 2.39. The van der Waals surface area contributed by atoms with Crippen molar-refractivity contribution in [1.29, 1.82) is 0 Å². The highest BCUT2D eigenvalue weighted by Crippen LogP contribution is 2.50. The summed E-state index contributed by atoms with van der Waals surface area (Å²) >= 11 is 2.98. The summed E-state index contributed by atoms with van der Waals surface area (Å²) in [4.78, 5) is 39.5. The summed E-state index contributed by atoms with van der Waals surface area (Å²) < 4.78 is 0. The van der Waals surface area contributed by atoms with E-state index in [1.54, 1.807) is 28.8 Å². The smallest absolute Gasteiger partial charge is 0.269 e.